The van der Waals surface area contributed by atoms with E-state index in [-0.39, 0.29) is 11.9 Å². The Morgan fingerprint density at radius 1 is 1.24 bits per heavy atom. The molecular formula is C15H20O2. The fraction of sp³-hybridized carbons (Fsp3) is 0.533. The molecule has 0 bridgehead atoms. The number of Topliss-reactive ketones (excluding diaryl/α,β-unsaturated/α-hetero) is 1. The number of fused-ring (bicyclic) bond motifs is 1. The zero-order valence-electron chi connectivity index (χ0n) is 10.7. The molecule has 2 nitrogen and oxygen atoms in total. The second-order valence-electron chi connectivity index (χ2n) is 4.69. The number of carbonyl (C=O) groups is 1. The van der Waals surface area contributed by atoms with Gasteiger partial charge in [0.1, 0.15) is 5.75 Å². The van der Waals surface area contributed by atoms with Crippen molar-refractivity contribution in [2.75, 3.05) is 0 Å². The van der Waals surface area contributed by atoms with Crippen LogP contribution in [0.2, 0.25) is 0 Å². The van der Waals surface area contributed by atoms with Gasteiger partial charge >= 0.3 is 0 Å². The summed E-state index contributed by atoms with van der Waals surface area (Å²) in [6.07, 6.45) is 4.96. The second-order valence-corrected chi connectivity index (χ2v) is 4.69. The highest BCUT2D eigenvalue weighted by Crippen LogP contribution is 2.31. The molecule has 1 aliphatic rings. The van der Waals surface area contributed by atoms with E-state index < -0.39 is 0 Å². The molecule has 2 rings (SSSR count). The first-order valence-electron chi connectivity index (χ1n) is 6.60. The van der Waals surface area contributed by atoms with Gasteiger partial charge in [-0.05, 0) is 37.0 Å². The van der Waals surface area contributed by atoms with Gasteiger partial charge in [0, 0.05) is 0 Å². The van der Waals surface area contributed by atoms with Crippen molar-refractivity contribution in [1.29, 1.82) is 0 Å². The third-order valence-electron chi connectivity index (χ3n) is 3.24. The Kier molecular flexibility index (Phi) is 3.82. The smallest absolute Gasteiger partial charge is 0.207 e. The molecule has 0 radical (unpaired) electrons. The Balaban J connectivity index is 2.16. The average molecular weight is 232 g/mol. The van der Waals surface area contributed by atoms with Gasteiger partial charge < -0.3 is 4.74 Å². The maximum absolute atomic E-state index is 12.1. The van der Waals surface area contributed by atoms with Crippen LogP contribution in [-0.2, 0) is 6.42 Å². The summed E-state index contributed by atoms with van der Waals surface area (Å²) in [5.74, 6) is 0.939. The lowest BCUT2D eigenvalue weighted by molar-refractivity contribution is 0.0845. The third-order valence-corrected chi connectivity index (χ3v) is 3.24. The molecule has 0 aromatic heterocycles. The Labute approximate surface area is 103 Å². The van der Waals surface area contributed by atoms with Crippen molar-refractivity contribution in [3.05, 3.63) is 29.3 Å². The van der Waals surface area contributed by atoms with Crippen LogP contribution in [0.5, 0.6) is 5.75 Å². The van der Waals surface area contributed by atoms with Gasteiger partial charge in [0.05, 0.1) is 5.56 Å². The Morgan fingerprint density at radius 2 is 2.06 bits per heavy atom. The van der Waals surface area contributed by atoms with Crippen molar-refractivity contribution in [2.45, 2.75) is 52.1 Å². The molecule has 0 saturated heterocycles. The number of hydrogen-bond donors (Lipinski definition) is 0. The summed E-state index contributed by atoms with van der Waals surface area (Å²) in [4.78, 5) is 12.1. The SMILES string of the molecule is CCCCc1ccc2c(c1)C(=O)C(CCC)O2. The standard InChI is InChI=1S/C15H20O2/c1-3-5-7-11-8-9-13-12(10-11)15(16)14(17-13)6-4-2/h8-10,14H,3-7H2,1-2H3. The molecular weight excluding hydrogens is 212 g/mol. The fourth-order valence-electron chi connectivity index (χ4n) is 2.24. The molecule has 0 aliphatic carbocycles. The van der Waals surface area contributed by atoms with Crippen LogP contribution in [0.25, 0.3) is 0 Å². The van der Waals surface area contributed by atoms with Crippen LogP contribution in [0.1, 0.15) is 55.5 Å². The van der Waals surface area contributed by atoms with Gasteiger partial charge in [-0.3, -0.25) is 4.79 Å². The largest absolute Gasteiger partial charge is 0.482 e. The topological polar surface area (TPSA) is 26.3 Å². The molecule has 0 saturated carbocycles. The highest BCUT2D eigenvalue weighted by molar-refractivity contribution is 6.04. The predicted octanol–water partition coefficient (Wildman–Crippen LogP) is 3.77. The lowest BCUT2D eigenvalue weighted by atomic mass is 10.0. The van der Waals surface area contributed by atoms with Gasteiger partial charge in [0.25, 0.3) is 0 Å². The summed E-state index contributed by atoms with van der Waals surface area (Å²) in [6.45, 7) is 4.26. The minimum atomic E-state index is -0.239. The van der Waals surface area contributed by atoms with Crippen LogP contribution in [0, 0.1) is 0 Å². The Bertz CT molecular complexity index is 409. The monoisotopic (exact) mass is 232 g/mol. The third kappa shape index (κ3) is 2.51. The van der Waals surface area contributed by atoms with E-state index in [1.54, 1.807) is 0 Å². The molecule has 1 aromatic carbocycles. The van der Waals surface area contributed by atoms with Gasteiger partial charge in [-0.2, -0.15) is 0 Å². The van der Waals surface area contributed by atoms with E-state index >= 15 is 0 Å². The van der Waals surface area contributed by atoms with Gasteiger partial charge in [0.2, 0.25) is 5.78 Å². The van der Waals surface area contributed by atoms with Crippen LogP contribution in [-0.4, -0.2) is 11.9 Å². The average Bonchev–Trinajstić information content (AvgIpc) is 2.65. The molecule has 0 amide bonds. The number of carbonyl (C=O) groups excluding carboxylic acids is 1. The van der Waals surface area contributed by atoms with Crippen LogP contribution in [0.15, 0.2) is 18.2 Å². The van der Waals surface area contributed by atoms with Crippen LogP contribution < -0.4 is 4.74 Å². The summed E-state index contributed by atoms with van der Waals surface area (Å²) in [7, 11) is 0. The number of hydrogen-bond acceptors (Lipinski definition) is 2. The summed E-state index contributed by atoms with van der Waals surface area (Å²) in [6, 6.07) is 6.05. The molecule has 1 heterocycles. The molecule has 17 heavy (non-hydrogen) atoms. The van der Waals surface area contributed by atoms with E-state index in [2.05, 4.69) is 19.9 Å². The zero-order valence-corrected chi connectivity index (χ0v) is 10.7. The minimum absolute atomic E-state index is 0.167. The maximum atomic E-state index is 12.1. The van der Waals surface area contributed by atoms with Crippen molar-refractivity contribution in [3.8, 4) is 5.75 Å². The number of benzene rings is 1. The molecule has 1 unspecified atom stereocenters. The predicted molar refractivity (Wildman–Crippen MR) is 68.7 cm³/mol. The lowest BCUT2D eigenvalue weighted by Gasteiger charge is -2.06. The first-order chi connectivity index (χ1) is 8.26. The number of ether oxygens (including phenoxy) is 1. The lowest BCUT2D eigenvalue weighted by Crippen LogP contribution is -2.19. The molecule has 1 aliphatic heterocycles. The molecule has 1 aromatic rings. The van der Waals surface area contributed by atoms with Gasteiger partial charge in [-0.25, -0.2) is 0 Å². The number of aryl methyl sites for hydroxylation is 1. The summed E-state index contributed by atoms with van der Waals surface area (Å²) >= 11 is 0. The maximum Gasteiger partial charge on any atom is 0.207 e. The second kappa shape index (κ2) is 5.35. The van der Waals surface area contributed by atoms with E-state index in [0.717, 1.165) is 30.6 Å². The van der Waals surface area contributed by atoms with Crippen LogP contribution in [0.3, 0.4) is 0 Å². The van der Waals surface area contributed by atoms with E-state index in [4.69, 9.17) is 4.74 Å². The number of unbranched alkanes of at least 4 members (excludes halogenated alkanes) is 1. The number of ketones is 1. The van der Waals surface area contributed by atoms with Crippen LogP contribution in [0.4, 0.5) is 0 Å². The van der Waals surface area contributed by atoms with E-state index in [9.17, 15) is 4.79 Å². The quantitative estimate of drug-likeness (QED) is 0.772. The molecule has 0 N–H and O–H groups in total. The van der Waals surface area contributed by atoms with E-state index in [0.29, 0.717) is 0 Å². The van der Waals surface area contributed by atoms with E-state index in [1.165, 1.54) is 18.4 Å². The first kappa shape index (κ1) is 12.2. The first-order valence-corrected chi connectivity index (χ1v) is 6.60. The van der Waals surface area contributed by atoms with Gasteiger partial charge in [-0.1, -0.05) is 32.8 Å². The van der Waals surface area contributed by atoms with E-state index in [1.807, 2.05) is 12.1 Å². The van der Waals surface area contributed by atoms with Crippen molar-refractivity contribution in [3.63, 3.8) is 0 Å². The molecule has 0 fully saturated rings. The van der Waals surface area contributed by atoms with Crippen molar-refractivity contribution >= 4 is 5.78 Å². The van der Waals surface area contributed by atoms with Crippen molar-refractivity contribution < 1.29 is 9.53 Å². The summed E-state index contributed by atoms with van der Waals surface area (Å²) in [5, 5.41) is 0. The fourth-order valence-corrected chi connectivity index (χ4v) is 2.24. The Morgan fingerprint density at radius 3 is 2.76 bits per heavy atom. The number of rotatable bonds is 5. The highest BCUT2D eigenvalue weighted by atomic mass is 16.5. The molecule has 0 spiro atoms. The van der Waals surface area contributed by atoms with Crippen LogP contribution >= 0.6 is 0 Å². The highest BCUT2D eigenvalue weighted by Gasteiger charge is 2.31. The Hall–Kier alpha value is -1.31. The summed E-state index contributed by atoms with van der Waals surface area (Å²) in [5.41, 5.74) is 2.04. The van der Waals surface area contributed by atoms with Gasteiger partial charge in [0.15, 0.2) is 6.10 Å². The molecule has 1 atom stereocenters. The molecule has 2 heteroatoms. The van der Waals surface area contributed by atoms with Gasteiger partial charge in [-0.15, -0.1) is 0 Å². The summed E-state index contributed by atoms with van der Waals surface area (Å²) < 4.78 is 5.67. The normalized spacial score (nSPS) is 18.0. The zero-order chi connectivity index (χ0) is 12.3. The van der Waals surface area contributed by atoms with Crippen molar-refractivity contribution in [2.24, 2.45) is 0 Å². The minimum Gasteiger partial charge on any atom is -0.482 e. The van der Waals surface area contributed by atoms with Crippen molar-refractivity contribution in [1.82, 2.24) is 0 Å². The molecule has 92 valence electrons.